The molecule has 2 aromatic rings. The summed E-state index contributed by atoms with van der Waals surface area (Å²) in [5.74, 6) is 1.44. The van der Waals surface area contributed by atoms with Crippen LogP contribution < -0.4 is 4.74 Å². The summed E-state index contributed by atoms with van der Waals surface area (Å²) in [4.78, 5) is 2.55. The smallest absolute Gasteiger partial charge is 0.119 e. The van der Waals surface area contributed by atoms with Gasteiger partial charge in [-0.25, -0.2) is 0 Å². The van der Waals surface area contributed by atoms with Crippen molar-refractivity contribution in [2.24, 2.45) is 5.92 Å². The predicted molar refractivity (Wildman–Crippen MR) is 132 cm³/mol. The lowest BCUT2D eigenvalue weighted by atomic mass is 9.73. The summed E-state index contributed by atoms with van der Waals surface area (Å²) in [6.07, 6.45) is 5.59. The summed E-state index contributed by atoms with van der Waals surface area (Å²) in [5.41, 5.74) is 1.31. The van der Waals surface area contributed by atoms with Crippen molar-refractivity contribution >= 4 is 12.4 Å². The Hall–Kier alpha value is -1.55. The molecule has 0 bridgehead atoms. The summed E-state index contributed by atoms with van der Waals surface area (Å²) in [6.45, 7) is 10.3. The van der Waals surface area contributed by atoms with Gasteiger partial charge in [0.25, 0.3) is 0 Å². The molecule has 1 heterocycles. The van der Waals surface area contributed by atoms with Crippen LogP contribution in [0.3, 0.4) is 0 Å². The molecule has 2 unspecified atom stereocenters. The van der Waals surface area contributed by atoms with Gasteiger partial charge in [0.15, 0.2) is 0 Å². The average Bonchev–Trinajstić information content (AvgIpc) is 2.78. The Morgan fingerprint density at radius 1 is 0.968 bits per heavy atom. The highest BCUT2D eigenvalue weighted by Crippen LogP contribution is 2.42. The highest BCUT2D eigenvalue weighted by molar-refractivity contribution is 5.85. The Balaban J connectivity index is 0.00000341. The number of halogens is 1. The molecule has 0 radical (unpaired) electrons. The van der Waals surface area contributed by atoms with Crippen LogP contribution in [0.25, 0.3) is 0 Å². The first-order valence-corrected chi connectivity index (χ1v) is 11.8. The molecule has 4 heteroatoms. The highest BCUT2D eigenvalue weighted by atomic mass is 35.5. The molecular weight excluding hydrogens is 406 g/mol. The summed E-state index contributed by atoms with van der Waals surface area (Å²) < 4.78 is 5.65. The Kier molecular flexibility index (Phi) is 10.3. The fourth-order valence-electron chi connectivity index (χ4n) is 4.65. The number of hydrogen-bond acceptors (Lipinski definition) is 3. The lowest BCUT2D eigenvalue weighted by molar-refractivity contribution is -0.0187. The first-order chi connectivity index (χ1) is 14.5. The monoisotopic (exact) mass is 445 g/mol. The molecule has 0 saturated carbocycles. The van der Waals surface area contributed by atoms with Crippen LogP contribution in [0, 0.1) is 5.92 Å². The number of likely N-dealkylation sites (tertiary alicyclic amines) is 1. The zero-order chi connectivity index (χ0) is 21.4. The average molecular weight is 446 g/mol. The van der Waals surface area contributed by atoms with Gasteiger partial charge in [-0.05, 0) is 74.9 Å². The maximum atomic E-state index is 12.3. The van der Waals surface area contributed by atoms with Gasteiger partial charge in [-0.1, -0.05) is 62.7 Å². The van der Waals surface area contributed by atoms with Crippen LogP contribution in [0.4, 0.5) is 0 Å². The van der Waals surface area contributed by atoms with Gasteiger partial charge in [-0.15, -0.1) is 12.4 Å². The number of benzene rings is 2. The fraction of sp³-hybridized carbons (Fsp3) is 0.556. The third kappa shape index (κ3) is 6.97. The van der Waals surface area contributed by atoms with Gasteiger partial charge in [-0.2, -0.15) is 0 Å². The van der Waals surface area contributed by atoms with Crippen molar-refractivity contribution in [3.05, 3.63) is 65.7 Å². The van der Waals surface area contributed by atoms with Crippen LogP contribution in [-0.4, -0.2) is 36.2 Å². The first-order valence-electron chi connectivity index (χ1n) is 11.8. The lowest BCUT2D eigenvalue weighted by Gasteiger charge is -2.41. The minimum Gasteiger partial charge on any atom is -0.494 e. The number of nitrogens with zero attached hydrogens (tertiary/aromatic N) is 1. The van der Waals surface area contributed by atoms with Gasteiger partial charge in [0.05, 0.1) is 12.2 Å². The molecule has 2 aromatic carbocycles. The maximum absolute atomic E-state index is 12.3. The molecule has 0 spiro atoms. The topological polar surface area (TPSA) is 32.7 Å². The van der Waals surface area contributed by atoms with E-state index in [9.17, 15) is 5.11 Å². The quantitative estimate of drug-likeness (QED) is 0.459. The molecule has 0 amide bonds. The molecule has 3 rings (SSSR count). The second-order valence-corrected chi connectivity index (χ2v) is 9.14. The zero-order valence-corrected chi connectivity index (χ0v) is 20.2. The molecule has 0 aromatic heterocycles. The van der Waals surface area contributed by atoms with Gasteiger partial charge >= 0.3 is 0 Å². The van der Waals surface area contributed by atoms with Crippen LogP contribution in [0.2, 0.25) is 0 Å². The van der Waals surface area contributed by atoms with E-state index in [4.69, 9.17) is 4.74 Å². The van der Waals surface area contributed by atoms with E-state index in [2.05, 4.69) is 61.2 Å². The van der Waals surface area contributed by atoms with Gasteiger partial charge in [-0.3, -0.25) is 0 Å². The molecule has 3 nitrogen and oxygen atoms in total. The van der Waals surface area contributed by atoms with Gasteiger partial charge in [0.2, 0.25) is 0 Å². The summed E-state index contributed by atoms with van der Waals surface area (Å²) in [7, 11) is 0. The van der Waals surface area contributed by atoms with Crippen LogP contribution in [0.1, 0.15) is 69.9 Å². The SMILES string of the molecule is CCOc1ccc(C(O)(CCC(C)C)C(CN2CCCCC2)c2ccccc2)cc1.Cl. The molecule has 1 N–H and O–H groups in total. The highest BCUT2D eigenvalue weighted by Gasteiger charge is 2.40. The molecular formula is C27H40ClNO2. The summed E-state index contributed by atoms with van der Waals surface area (Å²) >= 11 is 0. The van der Waals surface area contributed by atoms with Gasteiger partial charge in [0, 0.05) is 12.5 Å². The van der Waals surface area contributed by atoms with E-state index in [0.717, 1.165) is 43.8 Å². The van der Waals surface area contributed by atoms with Crippen molar-refractivity contribution < 1.29 is 9.84 Å². The first kappa shape index (κ1) is 25.7. The molecule has 2 atom stereocenters. The molecule has 0 aliphatic carbocycles. The lowest BCUT2D eigenvalue weighted by Crippen LogP contribution is -2.43. The molecule has 1 aliphatic heterocycles. The Morgan fingerprint density at radius 3 is 2.19 bits per heavy atom. The maximum Gasteiger partial charge on any atom is 0.119 e. The molecule has 172 valence electrons. The van der Waals surface area contributed by atoms with E-state index >= 15 is 0 Å². The second-order valence-electron chi connectivity index (χ2n) is 9.14. The van der Waals surface area contributed by atoms with Crippen molar-refractivity contribution in [1.29, 1.82) is 0 Å². The van der Waals surface area contributed by atoms with E-state index in [1.54, 1.807) is 0 Å². The third-order valence-corrected chi connectivity index (χ3v) is 6.44. The van der Waals surface area contributed by atoms with Crippen molar-refractivity contribution in [2.45, 2.75) is 64.4 Å². The normalized spacial score (nSPS) is 17.6. The van der Waals surface area contributed by atoms with Crippen LogP contribution in [0.15, 0.2) is 54.6 Å². The predicted octanol–water partition coefficient (Wildman–Crippen LogP) is 6.40. The number of rotatable bonds is 10. The second kappa shape index (κ2) is 12.5. The number of aliphatic hydroxyl groups is 1. The molecule has 31 heavy (non-hydrogen) atoms. The Morgan fingerprint density at radius 2 is 1.61 bits per heavy atom. The van der Waals surface area contributed by atoms with E-state index in [-0.39, 0.29) is 18.3 Å². The zero-order valence-electron chi connectivity index (χ0n) is 19.4. The number of ether oxygens (including phenoxy) is 1. The number of hydrogen-bond donors (Lipinski definition) is 1. The van der Waals surface area contributed by atoms with Crippen LogP contribution in [-0.2, 0) is 5.60 Å². The van der Waals surface area contributed by atoms with Crippen LogP contribution >= 0.6 is 12.4 Å². The summed E-state index contributed by atoms with van der Waals surface area (Å²) in [6, 6.07) is 18.8. The molecule has 1 fully saturated rings. The standard InChI is InChI=1S/C27H39NO2.ClH/c1-4-30-25-15-13-24(14-16-25)27(29,18-17-22(2)3)26(23-11-7-5-8-12-23)21-28-19-9-6-10-20-28;/h5,7-8,11-16,22,26,29H,4,6,9-10,17-21H2,1-3H3;1H. The largest absolute Gasteiger partial charge is 0.494 e. The molecule has 1 aliphatic rings. The minimum absolute atomic E-state index is 0. The minimum atomic E-state index is -0.909. The summed E-state index contributed by atoms with van der Waals surface area (Å²) in [5, 5.41) is 12.3. The van der Waals surface area contributed by atoms with E-state index < -0.39 is 5.60 Å². The van der Waals surface area contributed by atoms with Gasteiger partial charge < -0.3 is 14.7 Å². The van der Waals surface area contributed by atoms with E-state index in [0.29, 0.717) is 12.5 Å². The van der Waals surface area contributed by atoms with Crippen molar-refractivity contribution in [2.75, 3.05) is 26.2 Å². The van der Waals surface area contributed by atoms with E-state index in [1.165, 1.54) is 24.8 Å². The fourth-order valence-corrected chi connectivity index (χ4v) is 4.65. The van der Waals surface area contributed by atoms with Crippen molar-refractivity contribution in [3.8, 4) is 5.75 Å². The molecule has 1 saturated heterocycles. The van der Waals surface area contributed by atoms with E-state index in [1.807, 2.05) is 19.1 Å². The Bertz CT molecular complexity index is 744. The number of piperidine rings is 1. The van der Waals surface area contributed by atoms with Crippen molar-refractivity contribution in [1.82, 2.24) is 4.90 Å². The van der Waals surface area contributed by atoms with Gasteiger partial charge in [0.1, 0.15) is 5.75 Å². The third-order valence-electron chi connectivity index (χ3n) is 6.44. The van der Waals surface area contributed by atoms with Crippen molar-refractivity contribution in [3.63, 3.8) is 0 Å². The Labute approximate surface area is 195 Å². The van der Waals surface area contributed by atoms with Crippen LogP contribution in [0.5, 0.6) is 5.75 Å².